The number of pyridine rings is 1. The minimum absolute atomic E-state index is 0.0819. The Balaban J connectivity index is 1.56. The topological polar surface area (TPSA) is 81.8 Å². The van der Waals surface area contributed by atoms with Crippen molar-refractivity contribution in [2.24, 2.45) is 0 Å². The van der Waals surface area contributed by atoms with Gasteiger partial charge in [0, 0.05) is 36.8 Å². The van der Waals surface area contributed by atoms with Crippen molar-refractivity contribution in [3.05, 3.63) is 75.8 Å². The summed E-state index contributed by atoms with van der Waals surface area (Å²) in [5.74, 6) is -0.0819. The fourth-order valence-electron chi connectivity index (χ4n) is 2.98. The van der Waals surface area contributed by atoms with Crippen LogP contribution in [0.2, 0.25) is 0 Å². The van der Waals surface area contributed by atoms with Crippen molar-refractivity contribution in [3.8, 4) is 11.3 Å². The summed E-state index contributed by atoms with van der Waals surface area (Å²) >= 11 is 0. The lowest BCUT2D eigenvalue weighted by Gasteiger charge is -2.27. The Kier molecular flexibility index (Phi) is 3.49. The molecule has 1 aromatic carbocycles. The third-order valence-corrected chi connectivity index (χ3v) is 4.26. The minimum Gasteiger partial charge on any atom is -0.333 e. The fourth-order valence-corrected chi connectivity index (χ4v) is 2.98. The van der Waals surface area contributed by atoms with Crippen molar-refractivity contribution in [3.63, 3.8) is 0 Å². The molecule has 2 N–H and O–H groups in total. The number of rotatable bonds is 2. The Morgan fingerprint density at radius 3 is 2.79 bits per heavy atom. The van der Waals surface area contributed by atoms with Crippen molar-refractivity contribution >= 4 is 5.91 Å². The molecule has 1 amide bonds. The minimum atomic E-state index is -0.102. The largest absolute Gasteiger partial charge is 0.333 e. The molecule has 0 atom stereocenters. The molecule has 2 aromatic heterocycles. The summed E-state index contributed by atoms with van der Waals surface area (Å²) in [6.07, 6.45) is 0.650. The Bertz CT molecular complexity index is 943. The van der Waals surface area contributed by atoms with E-state index in [1.54, 1.807) is 17.0 Å². The normalized spacial score (nSPS) is 13.6. The van der Waals surface area contributed by atoms with E-state index < -0.39 is 0 Å². The molecule has 120 valence electrons. The van der Waals surface area contributed by atoms with Crippen LogP contribution in [0.15, 0.2) is 53.3 Å². The molecule has 0 fully saturated rings. The summed E-state index contributed by atoms with van der Waals surface area (Å²) in [6, 6.07) is 14.8. The molecule has 0 saturated heterocycles. The van der Waals surface area contributed by atoms with E-state index in [9.17, 15) is 9.59 Å². The second-order valence-corrected chi connectivity index (χ2v) is 5.84. The van der Waals surface area contributed by atoms with E-state index in [2.05, 4.69) is 15.2 Å². The zero-order valence-electron chi connectivity index (χ0n) is 13.0. The van der Waals surface area contributed by atoms with E-state index in [1.165, 1.54) is 6.07 Å². The second-order valence-electron chi connectivity index (χ2n) is 5.84. The molecule has 6 nitrogen and oxygen atoms in total. The number of amides is 1. The lowest BCUT2D eigenvalue weighted by Crippen LogP contribution is -2.37. The van der Waals surface area contributed by atoms with E-state index in [0.717, 1.165) is 22.5 Å². The van der Waals surface area contributed by atoms with Gasteiger partial charge < -0.3 is 9.88 Å². The predicted octanol–water partition coefficient (Wildman–Crippen LogP) is 1.96. The van der Waals surface area contributed by atoms with Gasteiger partial charge in [-0.1, -0.05) is 36.4 Å². The second kappa shape index (κ2) is 5.81. The monoisotopic (exact) mass is 320 g/mol. The highest BCUT2D eigenvalue weighted by atomic mass is 16.2. The van der Waals surface area contributed by atoms with Crippen LogP contribution < -0.4 is 5.56 Å². The first-order chi connectivity index (χ1) is 11.7. The zero-order valence-corrected chi connectivity index (χ0v) is 13.0. The Morgan fingerprint density at radius 2 is 1.96 bits per heavy atom. The average Bonchev–Trinajstić information content (AvgIpc) is 3.11. The molecule has 1 aliphatic heterocycles. The summed E-state index contributed by atoms with van der Waals surface area (Å²) in [7, 11) is 0. The molecule has 0 aliphatic carbocycles. The van der Waals surface area contributed by atoms with Crippen molar-refractivity contribution in [1.82, 2.24) is 20.1 Å². The van der Waals surface area contributed by atoms with Gasteiger partial charge in [0.25, 0.3) is 5.91 Å². The van der Waals surface area contributed by atoms with Crippen LogP contribution in [0.3, 0.4) is 0 Å². The van der Waals surface area contributed by atoms with Gasteiger partial charge in [-0.15, -0.1) is 0 Å². The molecule has 24 heavy (non-hydrogen) atoms. The third kappa shape index (κ3) is 2.62. The molecule has 0 radical (unpaired) electrons. The lowest BCUT2D eigenvalue weighted by molar-refractivity contribution is 0.0727. The molecule has 3 heterocycles. The van der Waals surface area contributed by atoms with Crippen LogP contribution in [-0.4, -0.2) is 32.5 Å². The molecule has 0 saturated carbocycles. The number of aromatic nitrogens is 3. The van der Waals surface area contributed by atoms with Crippen LogP contribution in [0.1, 0.15) is 21.7 Å². The molecule has 3 aromatic rings. The fraction of sp³-hybridized carbons (Fsp3) is 0.167. The number of fused-ring (bicyclic) bond motifs is 1. The number of hydrogen-bond acceptors (Lipinski definition) is 3. The number of aromatic amines is 2. The quantitative estimate of drug-likeness (QED) is 0.757. The molecular formula is C18H16N4O2. The summed E-state index contributed by atoms with van der Waals surface area (Å²) < 4.78 is 0. The number of nitrogens with zero attached hydrogens (tertiary/aromatic N) is 2. The Hall–Kier alpha value is -3.15. The van der Waals surface area contributed by atoms with Gasteiger partial charge in [0.05, 0.1) is 5.69 Å². The van der Waals surface area contributed by atoms with Gasteiger partial charge in [-0.05, 0) is 11.6 Å². The van der Waals surface area contributed by atoms with Gasteiger partial charge in [-0.2, -0.15) is 5.10 Å². The van der Waals surface area contributed by atoms with Crippen LogP contribution in [0.4, 0.5) is 0 Å². The van der Waals surface area contributed by atoms with Gasteiger partial charge in [0.2, 0.25) is 5.56 Å². The van der Waals surface area contributed by atoms with Gasteiger partial charge in [0.1, 0.15) is 5.69 Å². The van der Waals surface area contributed by atoms with Crippen LogP contribution in [0, 0.1) is 0 Å². The van der Waals surface area contributed by atoms with Crippen molar-refractivity contribution in [2.75, 3.05) is 6.54 Å². The van der Waals surface area contributed by atoms with E-state index in [0.29, 0.717) is 25.2 Å². The van der Waals surface area contributed by atoms with Crippen molar-refractivity contribution < 1.29 is 4.79 Å². The Morgan fingerprint density at radius 1 is 1.12 bits per heavy atom. The standard InChI is InChI=1S/C18H16N4O2/c23-17-7-6-13-11-22(9-8-14(13)19-17)18(24)16-10-15(20-21-16)12-4-2-1-3-5-12/h1-7,10H,8-9,11H2,(H,19,23)(H,20,21). The number of H-pyrrole nitrogens is 2. The van der Waals surface area contributed by atoms with Crippen LogP contribution in [0.5, 0.6) is 0 Å². The molecule has 0 bridgehead atoms. The summed E-state index contributed by atoms with van der Waals surface area (Å²) in [6.45, 7) is 1.07. The predicted molar refractivity (Wildman–Crippen MR) is 89.5 cm³/mol. The van der Waals surface area contributed by atoms with E-state index in [1.807, 2.05) is 30.3 Å². The van der Waals surface area contributed by atoms with Gasteiger partial charge in [0.15, 0.2) is 0 Å². The highest BCUT2D eigenvalue weighted by Crippen LogP contribution is 2.20. The third-order valence-electron chi connectivity index (χ3n) is 4.26. The first-order valence-electron chi connectivity index (χ1n) is 7.82. The van der Waals surface area contributed by atoms with Crippen LogP contribution >= 0.6 is 0 Å². The molecular weight excluding hydrogens is 304 g/mol. The van der Waals surface area contributed by atoms with E-state index >= 15 is 0 Å². The van der Waals surface area contributed by atoms with Crippen molar-refractivity contribution in [2.45, 2.75) is 13.0 Å². The molecule has 0 spiro atoms. The highest BCUT2D eigenvalue weighted by Gasteiger charge is 2.23. The summed E-state index contributed by atoms with van der Waals surface area (Å²) in [5.41, 5.74) is 3.99. The number of nitrogens with one attached hydrogen (secondary N) is 2. The van der Waals surface area contributed by atoms with E-state index in [-0.39, 0.29) is 11.5 Å². The molecule has 4 rings (SSSR count). The molecule has 1 aliphatic rings. The first kappa shape index (κ1) is 14.4. The van der Waals surface area contributed by atoms with Crippen LogP contribution in [0.25, 0.3) is 11.3 Å². The molecule has 0 unspecified atom stereocenters. The highest BCUT2D eigenvalue weighted by molar-refractivity contribution is 5.93. The maximum absolute atomic E-state index is 12.7. The maximum atomic E-state index is 12.7. The summed E-state index contributed by atoms with van der Waals surface area (Å²) in [4.78, 5) is 28.7. The smallest absolute Gasteiger partial charge is 0.272 e. The van der Waals surface area contributed by atoms with Gasteiger partial charge in [-0.3, -0.25) is 14.7 Å². The number of benzene rings is 1. The zero-order chi connectivity index (χ0) is 16.5. The summed E-state index contributed by atoms with van der Waals surface area (Å²) in [5, 5.41) is 7.07. The SMILES string of the molecule is O=C(c1cc(-c2ccccc2)n[nH]1)N1CCc2[nH]c(=O)ccc2C1. The number of carbonyl (C=O) groups is 1. The van der Waals surface area contributed by atoms with Gasteiger partial charge >= 0.3 is 0 Å². The first-order valence-corrected chi connectivity index (χ1v) is 7.82. The molecule has 6 heteroatoms. The lowest BCUT2D eigenvalue weighted by atomic mass is 10.1. The van der Waals surface area contributed by atoms with E-state index in [4.69, 9.17) is 0 Å². The van der Waals surface area contributed by atoms with Crippen molar-refractivity contribution in [1.29, 1.82) is 0 Å². The Labute approximate surface area is 138 Å². The maximum Gasteiger partial charge on any atom is 0.272 e. The van der Waals surface area contributed by atoms with Gasteiger partial charge in [-0.25, -0.2) is 0 Å². The average molecular weight is 320 g/mol. The van der Waals surface area contributed by atoms with Crippen LogP contribution in [-0.2, 0) is 13.0 Å². The number of carbonyl (C=O) groups excluding carboxylic acids is 1. The number of hydrogen-bond donors (Lipinski definition) is 2.